The molecule has 0 saturated carbocycles. The zero-order valence-corrected chi connectivity index (χ0v) is 13.9. The van der Waals surface area contributed by atoms with Crippen molar-refractivity contribution in [3.05, 3.63) is 48.6 Å². The summed E-state index contributed by atoms with van der Waals surface area (Å²) in [6.07, 6.45) is 3.66. The molecule has 5 nitrogen and oxygen atoms in total. The average molecular weight is 318 g/mol. The molecule has 0 radical (unpaired) electrons. The molecule has 1 aromatic rings. The van der Waals surface area contributed by atoms with Gasteiger partial charge in [0.2, 0.25) is 5.91 Å². The van der Waals surface area contributed by atoms with Crippen LogP contribution in [-0.4, -0.2) is 18.0 Å². The number of benzene rings is 1. The number of amides is 2. The van der Waals surface area contributed by atoms with Crippen LogP contribution in [0, 0.1) is 5.41 Å². The predicted molar refractivity (Wildman–Crippen MR) is 90.6 cm³/mol. The first-order valence-corrected chi connectivity index (χ1v) is 7.74. The van der Waals surface area contributed by atoms with Crippen LogP contribution in [0.3, 0.4) is 0 Å². The Hall–Kier alpha value is -2.30. The lowest BCUT2D eigenvalue weighted by Gasteiger charge is -2.32. The number of unbranched alkanes of at least 4 members (excludes halogenated alkanes) is 1. The normalized spacial score (nSPS) is 12.3. The zero-order chi connectivity index (χ0) is 17.3. The third-order valence-electron chi connectivity index (χ3n) is 3.77. The third kappa shape index (κ3) is 6.55. The van der Waals surface area contributed by atoms with E-state index in [1.54, 1.807) is 0 Å². The molecular weight excluding hydrogens is 292 g/mol. The molecule has 1 unspecified atom stereocenters. The first kappa shape index (κ1) is 18.7. The highest BCUT2D eigenvalue weighted by atomic mass is 16.5. The average Bonchev–Trinajstić information content (AvgIpc) is 2.51. The monoisotopic (exact) mass is 318 g/mol. The Balaban J connectivity index is 2.58. The largest absolute Gasteiger partial charge is 0.445 e. The SMILES string of the molecule is C=CCCCC(C)(C)C(NC(=O)OCc1ccccc1)C(N)=O. The minimum Gasteiger partial charge on any atom is -0.445 e. The van der Waals surface area contributed by atoms with Gasteiger partial charge in [0.05, 0.1) is 0 Å². The van der Waals surface area contributed by atoms with Gasteiger partial charge in [-0.1, -0.05) is 50.3 Å². The second-order valence-corrected chi connectivity index (χ2v) is 6.21. The first-order valence-electron chi connectivity index (χ1n) is 7.74. The summed E-state index contributed by atoms with van der Waals surface area (Å²) in [5.74, 6) is -0.565. The zero-order valence-electron chi connectivity index (χ0n) is 13.9. The molecule has 0 aliphatic heterocycles. The van der Waals surface area contributed by atoms with Crippen molar-refractivity contribution in [2.45, 2.75) is 45.8 Å². The van der Waals surface area contributed by atoms with Crippen LogP contribution in [-0.2, 0) is 16.1 Å². The third-order valence-corrected chi connectivity index (χ3v) is 3.77. The first-order chi connectivity index (χ1) is 10.9. The molecule has 0 heterocycles. The van der Waals surface area contributed by atoms with Crippen molar-refractivity contribution in [3.63, 3.8) is 0 Å². The Morgan fingerprint density at radius 1 is 1.35 bits per heavy atom. The van der Waals surface area contributed by atoms with Gasteiger partial charge in [-0.05, 0) is 30.2 Å². The fourth-order valence-electron chi connectivity index (χ4n) is 2.38. The summed E-state index contributed by atoms with van der Waals surface area (Å²) in [6.45, 7) is 7.64. The molecule has 0 fully saturated rings. The maximum Gasteiger partial charge on any atom is 0.408 e. The minimum atomic E-state index is -0.782. The van der Waals surface area contributed by atoms with Crippen molar-refractivity contribution < 1.29 is 14.3 Å². The molecule has 0 spiro atoms. The van der Waals surface area contributed by atoms with E-state index in [2.05, 4.69) is 11.9 Å². The summed E-state index contributed by atoms with van der Waals surface area (Å²) >= 11 is 0. The molecule has 0 bridgehead atoms. The van der Waals surface area contributed by atoms with Gasteiger partial charge < -0.3 is 15.8 Å². The molecule has 1 aromatic carbocycles. The van der Waals surface area contributed by atoms with Gasteiger partial charge in [-0.2, -0.15) is 0 Å². The lowest BCUT2D eigenvalue weighted by atomic mass is 9.79. The molecule has 1 rings (SSSR count). The van der Waals surface area contributed by atoms with E-state index in [9.17, 15) is 9.59 Å². The second kappa shape index (κ2) is 8.98. The number of rotatable bonds is 9. The van der Waals surface area contributed by atoms with E-state index >= 15 is 0 Å². The number of ether oxygens (including phenoxy) is 1. The van der Waals surface area contributed by atoms with Crippen LogP contribution in [0.4, 0.5) is 4.79 Å². The summed E-state index contributed by atoms with van der Waals surface area (Å²) in [4.78, 5) is 23.7. The molecule has 2 amide bonds. The topological polar surface area (TPSA) is 81.4 Å². The van der Waals surface area contributed by atoms with Crippen LogP contribution in [0.1, 0.15) is 38.7 Å². The minimum absolute atomic E-state index is 0.148. The fourth-order valence-corrected chi connectivity index (χ4v) is 2.38. The molecule has 0 aromatic heterocycles. The van der Waals surface area contributed by atoms with Gasteiger partial charge in [0.25, 0.3) is 0 Å². The number of hydrogen-bond acceptors (Lipinski definition) is 3. The van der Waals surface area contributed by atoms with Crippen molar-refractivity contribution >= 4 is 12.0 Å². The number of nitrogens with one attached hydrogen (secondary N) is 1. The smallest absolute Gasteiger partial charge is 0.408 e. The summed E-state index contributed by atoms with van der Waals surface area (Å²) in [7, 11) is 0. The molecule has 1 atom stereocenters. The maximum absolute atomic E-state index is 12.0. The van der Waals surface area contributed by atoms with E-state index in [0.29, 0.717) is 0 Å². The van der Waals surface area contributed by atoms with Crippen LogP contribution in [0.15, 0.2) is 43.0 Å². The van der Waals surface area contributed by atoms with Gasteiger partial charge in [-0.15, -0.1) is 6.58 Å². The standard InChI is InChI=1S/C18H26N2O3/c1-4-5-9-12-18(2,3)15(16(19)21)20-17(22)23-13-14-10-7-6-8-11-14/h4,6-8,10-11,15H,1,5,9,12-13H2,2-3H3,(H2,19,21)(H,20,22). The summed E-state index contributed by atoms with van der Waals surface area (Å²) in [6, 6.07) is 8.56. The second-order valence-electron chi connectivity index (χ2n) is 6.21. The van der Waals surface area contributed by atoms with E-state index in [4.69, 9.17) is 10.5 Å². The van der Waals surface area contributed by atoms with Gasteiger partial charge in [0, 0.05) is 0 Å². The number of hydrogen-bond donors (Lipinski definition) is 2. The van der Waals surface area contributed by atoms with Crippen molar-refractivity contribution in [2.75, 3.05) is 0 Å². The molecule has 23 heavy (non-hydrogen) atoms. The van der Waals surface area contributed by atoms with Crippen LogP contribution < -0.4 is 11.1 Å². The van der Waals surface area contributed by atoms with E-state index in [-0.39, 0.29) is 6.61 Å². The van der Waals surface area contributed by atoms with Crippen LogP contribution >= 0.6 is 0 Å². The van der Waals surface area contributed by atoms with Crippen molar-refractivity contribution in [1.29, 1.82) is 0 Å². The van der Waals surface area contributed by atoms with Crippen LogP contribution in [0.5, 0.6) is 0 Å². The van der Waals surface area contributed by atoms with Gasteiger partial charge in [0.15, 0.2) is 0 Å². The molecular formula is C18H26N2O3. The Bertz CT molecular complexity index is 526. The van der Waals surface area contributed by atoms with E-state index < -0.39 is 23.5 Å². The molecule has 0 saturated heterocycles. The predicted octanol–water partition coefficient (Wildman–Crippen LogP) is 3.15. The quantitative estimate of drug-likeness (QED) is 0.542. The molecule has 0 aliphatic rings. The summed E-state index contributed by atoms with van der Waals surface area (Å²) in [5, 5.41) is 2.59. The molecule has 5 heteroatoms. The Labute approximate surface area is 137 Å². The number of allylic oxidation sites excluding steroid dienone is 1. The van der Waals surface area contributed by atoms with Crippen LogP contribution in [0.2, 0.25) is 0 Å². The molecule has 3 N–H and O–H groups in total. The molecule has 0 aliphatic carbocycles. The summed E-state index contributed by atoms with van der Waals surface area (Å²) < 4.78 is 5.16. The van der Waals surface area contributed by atoms with Crippen molar-refractivity contribution in [2.24, 2.45) is 11.1 Å². The van der Waals surface area contributed by atoms with Gasteiger partial charge in [-0.25, -0.2) is 4.79 Å². The van der Waals surface area contributed by atoms with Gasteiger partial charge >= 0.3 is 6.09 Å². The number of alkyl carbamates (subject to hydrolysis) is 1. The van der Waals surface area contributed by atoms with Crippen molar-refractivity contribution in [1.82, 2.24) is 5.32 Å². The van der Waals surface area contributed by atoms with Crippen molar-refractivity contribution in [3.8, 4) is 0 Å². The highest BCUT2D eigenvalue weighted by molar-refractivity contribution is 5.85. The lowest BCUT2D eigenvalue weighted by molar-refractivity contribution is -0.122. The van der Waals surface area contributed by atoms with E-state index in [1.807, 2.05) is 50.3 Å². The van der Waals surface area contributed by atoms with Crippen LogP contribution in [0.25, 0.3) is 0 Å². The maximum atomic E-state index is 12.0. The number of nitrogens with two attached hydrogens (primary N) is 1. The Morgan fingerprint density at radius 2 is 2.00 bits per heavy atom. The lowest BCUT2D eigenvalue weighted by Crippen LogP contribution is -2.53. The fraction of sp³-hybridized carbons (Fsp3) is 0.444. The highest BCUT2D eigenvalue weighted by Crippen LogP contribution is 2.28. The highest BCUT2D eigenvalue weighted by Gasteiger charge is 2.35. The van der Waals surface area contributed by atoms with E-state index in [0.717, 1.165) is 24.8 Å². The Morgan fingerprint density at radius 3 is 2.57 bits per heavy atom. The number of carbonyl (C=O) groups is 2. The number of primary amides is 1. The van der Waals surface area contributed by atoms with Gasteiger partial charge in [-0.3, -0.25) is 4.79 Å². The van der Waals surface area contributed by atoms with Gasteiger partial charge in [0.1, 0.15) is 12.6 Å². The molecule has 126 valence electrons. The Kier molecular flexibility index (Phi) is 7.32. The van der Waals surface area contributed by atoms with E-state index in [1.165, 1.54) is 0 Å². The summed E-state index contributed by atoms with van der Waals surface area (Å²) in [5.41, 5.74) is 5.87. The number of carbonyl (C=O) groups excluding carboxylic acids is 2.